The minimum Gasteiger partial charge on any atom is -0.305 e. The van der Waals surface area contributed by atoms with E-state index >= 15 is 0 Å². The number of nitrogens with zero attached hydrogens (tertiary/aromatic N) is 2. The van der Waals surface area contributed by atoms with Gasteiger partial charge in [0.1, 0.15) is 0 Å². The minimum absolute atomic E-state index is 0. The van der Waals surface area contributed by atoms with Gasteiger partial charge in [-0.15, -0.1) is 59.7 Å². The molecule has 5 heteroatoms. The summed E-state index contributed by atoms with van der Waals surface area (Å²) in [6.07, 6.45) is 6.00. The van der Waals surface area contributed by atoms with Crippen LogP contribution in [0.3, 0.4) is 0 Å². The van der Waals surface area contributed by atoms with Gasteiger partial charge in [0.25, 0.3) is 0 Å². The van der Waals surface area contributed by atoms with Gasteiger partial charge in [-0.3, -0.25) is 0 Å². The van der Waals surface area contributed by atoms with Crippen molar-refractivity contribution in [2.75, 3.05) is 0 Å². The summed E-state index contributed by atoms with van der Waals surface area (Å²) in [5.41, 5.74) is 5.51. The Hall–Kier alpha value is -2.95. The third kappa shape index (κ3) is 6.03. The first-order valence-electron chi connectivity index (χ1n) is 14.9. The van der Waals surface area contributed by atoms with E-state index in [2.05, 4.69) is 79.2 Å². The number of hydrogen-bond donors (Lipinski definition) is 0. The van der Waals surface area contributed by atoms with Gasteiger partial charge in [-0.25, -0.2) is 0 Å². The van der Waals surface area contributed by atoms with E-state index in [1.807, 2.05) is 35.7 Å². The number of pyridine rings is 2. The monoisotopic (exact) mass is 736 g/mol. The van der Waals surface area contributed by atoms with Crippen molar-refractivity contribution in [1.29, 1.82) is 0 Å². The van der Waals surface area contributed by atoms with Gasteiger partial charge in [-0.2, -0.15) is 11.3 Å². The molecule has 3 heterocycles. The number of rotatable bonds is 4. The predicted octanol–water partition coefficient (Wildman–Crippen LogP) is 9.19. The summed E-state index contributed by atoms with van der Waals surface area (Å²) in [7, 11) is -1.41. The third-order valence-corrected chi connectivity index (χ3v) is 10.3. The molecule has 7 rings (SSSR count). The zero-order chi connectivity index (χ0) is 29.5. The molecule has 1 aliphatic rings. The van der Waals surface area contributed by atoms with Crippen molar-refractivity contribution in [3.8, 4) is 22.5 Å². The molecule has 0 spiro atoms. The maximum Gasteiger partial charge on any atom is 0.0783 e. The first-order chi connectivity index (χ1) is 20.1. The molecule has 1 saturated carbocycles. The molecule has 3 aromatic carbocycles. The molecule has 1 fully saturated rings. The molecule has 203 valence electrons. The fraction of sp³-hybridized carbons (Fsp3) is 0.200. The van der Waals surface area contributed by atoms with Crippen LogP contribution in [0.25, 0.3) is 42.7 Å². The summed E-state index contributed by atoms with van der Waals surface area (Å²) in [5, 5.41) is 4.38. The molecule has 2 nitrogen and oxygen atoms in total. The smallest absolute Gasteiger partial charge is 0.0783 e. The van der Waals surface area contributed by atoms with Crippen LogP contribution in [0.1, 0.15) is 34.0 Å². The Kier molecular flexibility index (Phi) is 7.37. The second-order valence-corrected chi connectivity index (χ2v) is 17.2. The van der Waals surface area contributed by atoms with Crippen molar-refractivity contribution in [3.05, 3.63) is 115 Å². The molecule has 0 bridgehead atoms. The van der Waals surface area contributed by atoms with Crippen LogP contribution in [-0.2, 0) is 20.1 Å². The van der Waals surface area contributed by atoms with Crippen LogP contribution >= 0.6 is 11.3 Å². The Morgan fingerprint density at radius 3 is 2.48 bits per heavy atom. The zero-order valence-electron chi connectivity index (χ0n) is 25.8. The van der Waals surface area contributed by atoms with Crippen LogP contribution in [0.5, 0.6) is 0 Å². The molecule has 0 amide bonds. The molecule has 6 aromatic rings. The number of thiophene rings is 1. The summed E-state index contributed by atoms with van der Waals surface area (Å²) in [5.74, 6) is 0.747. The van der Waals surface area contributed by atoms with Gasteiger partial charge < -0.3 is 9.97 Å². The van der Waals surface area contributed by atoms with Gasteiger partial charge in [-0.05, 0) is 64.8 Å². The summed E-state index contributed by atoms with van der Waals surface area (Å²) in [6.45, 7) is 5.21. The predicted molar refractivity (Wildman–Crippen MR) is 170 cm³/mol. The average Bonchev–Trinajstić information content (AvgIpc) is 3.77. The van der Waals surface area contributed by atoms with E-state index in [0.717, 1.165) is 28.4 Å². The van der Waals surface area contributed by atoms with E-state index in [0.29, 0.717) is 0 Å². The van der Waals surface area contributed by atoms with E-state index in [4.69, 9.17) is 9.10 Å². The topological polar surface area (TPSA) is 25.8 Å². The molecule has 0 atom stereocenters. The van der Waals surface area contributed by atoms with Crippen LogP contribution in [0.2, 0.25) is 19.6 Å². The molecular weight excluding hydrogens is 701 g/mol. The Labute approximate surface area is 260 Å². The van der Waals surface area contributed by atoms with Crippen molar-refractivity contribution >= 4 is 44.8 Å². The van der Waals surface area contributed by atoms with Gasteiger partial charge in [0.05, 0.1) is 8.07 Å². The Morgan fingerprint density at radius 2 is 1.77 bits per heavy atom. The Balaban J connectivity index is 0.000000188. The summed E-state index contributed by atoms with van der Waals surface area (Å²) < 4.78 is 24.4. The van der Waals surface area contributed by atoms with Crippen LogP contribution in [0.15, 0.2) is 91.3 Å². The van der Waals surface area contributed by atoms with E-state index in [1.54, 1.807) is 23.4 Å². The molecule has 0 N–H and O–H groups in total. The maximum absolute atomic E-state index is 7.23. The molecule has 40 heavy (non-hydrogen) atoms. The van der Waals surface area contributed by atoms with Crippen LogP contribution < -0.4 is 5.19 Å². The van der Waals surface area contributed by atoms with Gasteiger partial charge >= 0.3 is 0 Å². The van der Waals surface area contributed by atoms with Crippen LogP contribution in [0.4, 0.5) is 0 Å². The third-order valence-electron chi connectivity index (χ3n) is 7.10. The van der Waals surface area contributed by atoms with Gasteiger partial charge in [0.15, 0.2) is 0 Å². The Bertz CT molecular complexity index is 1860. The van der Waals surface area contributed by atoms with Crippen molar-refractivity contribution < 1.29 is 24.2 Å². The maximum atomic E-state index is 7.23. The van der Waals surface area contributed by atoms with Crippen molar-refractivity contribution in [1.82, 2.24) is 9.97 Å². The van der Waals surface area contributed by atoms with Crippen molar-refractivity contribution in [3.63, 3.8) is 0 Å². The molecule has 1 radical (unpaired) electrons. The average molecular weight is 736 g/mol. The largest absolute Gasteiger partial charge is 0.305 e. The minimum atomic E-state index is -2.09. The number of benzene rings is 3. The SMILES string of the molecule is C[Si](C)(C)c1cccc2sc3c(-c4cc(C5CC5)ccn4)[c-]ccc3c12.[2H]C([2H])([2H])c1ccc(-c2[c-]cccc2)nc1.[Ir]. The van der Waals surface area contributed by atoms with Gasteiger partial charge in [0.2, 0.25) is 0 Å². The van der Waals surface area contributed by atoms with Crippen molar-refractivity contribution in [2.24, 2.45) is 0 Å². The zero-order valence-corrected chi connectivity index (χ0v) is 27.0. The van der Waals surface area contributed by atoms with Crippen LogP contribution in [-0.4, -0.2) is 18.0 Å². The quantitative estimate of drug-likeness (QED) is 0.133. The van der Waals surface area contributed by atoms with E-state index < -0.39 is 14.9 Å². The first kappa shape index (κ1) is 24.8. The van der Waals surface area contributed by atoms with E-state index in [-0.39, 0.29) is 25.7 Å². The first-order valence-corrected chi connectivity index (χ1v) is 17.7. The van der Waals surface area contributed by atoms with Gasteiger partial charge in [-0.1, -0.05) is 66.1 Å². The fourth-order valence-electron chi connectivity index (χ4n) is 4.97. The Morgan fingerprint density at radius 1 is 0.900 bits per heavy atom. The molecule has 0 unspecified atom stereocenters. The van der Waals surface area contributed by atoms with E-state index in [1.165, 1.54) is 44.8 Å². The summed E-state index contributed by atoms with van der Waals surface area (Å²) in [6, 6.07) is 32.9. The van der Waals surface area contributed by atoms with Gasteiger partial charge in [0, 0.05) is 41.3 Å². The van der Waals surface area contributed by atoms with Crippen molar-refractivity contribution in [2.45, 2.75) is 45.3 Å². The fourth-order valence-corrected chi connectivity index (χ4v) is 7.91. The number of fused-ring (bicyclic) bond motifs is 3. The number of hydrogen-bond acceptors (Lipinski definition) is 3. The summed E-state index contributed by atoms with van der Waals surface area (Å²) in [4.78, 5) is 8.82. The number of aryl methyl sites for hydroxylation is 1. The summed E-state index contributed by atoms with van der Waals surface area (Å²) >= 11 is 1.89. The standard InChI is InChI=1S/C23H22NSSi.C12H10N.Ir/c1-26(2,3)21-9-5-8-20-22(21)18-7-4-6-17(23(18)25-20)19-14-16(12-13-24-19)15-10-11-15;1-10-7-8-12(13-9-10)11-5-3-2-4-6-11;/h4-5,7-9,12-15H,10-11H2,1-3H3;2-5,7-9H,1H3;/q2*-1;/i;1D3;. The molecule has 0 aliphatic heterocycles. The molecular formula is C35H32IrN2SSi-2. The van der Waals surface area contributed by atoms with E-state index in [9.17, 15) is 0 Å². The second kappa shape index (κ2) is 11.9. The number of aromatic nitrogens is 2. The molecule has 0 saturated heterocycles. The second-order valence-electron chi connectivity index (χ2n) is 11.1. The molecule has 1 aliphatic carbocycles. The molecule has 3 aromatic heterocycles. The normalized spacial score (nSPS) is 14.4. The van der Waals surface area contributed by atoms with Crippen LogP contribution in [0, 0.1) is 19.0 Å².